The zero-order valence-corrected chi connectivity index (χ0v) is 11.3. The largest absolute Gasteiger partial charge is 0.270 e. The average molecular weight is 271 g/mol. The van der Waals surface area contributed by atoms with Gasteiger partial charge in [0.25, 0.3) is 0 Å². The molecule has 92 valence electrons. The Kier molecular flexibility index (Phi) is 3.83. The van der Waals surface area contributed by atoms with Crippen molar-refractivity contribution in [3.8, 4) is 0 Å². The first-order chi connectivity index (χ1) is 8.15. The fraction of sp³-hybridized carbons (Fsp3) is 0.364. The van der Waals surface area contributed by atoms with E-state index >= 15 is 0 Å². The molecule has 0 amide bonds. The zero-order valence-electron chi connectivity index (χ0n) is 9.77. The summed E-state index contributed by atoms with van der Waals surface area (Å²) in [6, 6.07) is 5.85. The van der Waals surface area contributed by atoms with E-state index in [9.17, 15) is 0 Å². The molecule has 0 aromatic carbocycles. The summed E-state index contributed by atoms with van der Waals surface area (Å²) in [6.45, 7) is 4.86. The van der Waals surface area contributed by atoms with E-state index in [1.807, 2.05) is 29.8 Å². The highest BCUT2D eigenvalue weighted by molar-refractivity contribution is 7.16. The van der Waals surface area contributed by atoms with E-state index < -0.39 is 0 Å². The van der Waals surface area contributed by atoms with E-state index in [-0.39, 0.29) is 6.04 Å². The van der Waals surface area contributed by atoms with Crippen LogP contribution in [0, 0.1) is 6.92 Å². The molecule has 1 atom stereocenters. The Morgan fingerprint density at radius 1 is 1.59 bits per heavy atom. The van der Waals surface area contributed by atoms with E-state index in [0.29, 0.717) is 0 Å². The first-order valence-corrected chi connectivity index (χ1v) is 6.60. The number of hydrazine groups is 1. The molecule has 0 aliphatic rings. The molecule has 0 spiro atoms. The third-order valence-corrected chi connectivity index (χ3v) is 3.87. The predicted octanol–water partition coefficient (Wildman–Crippen LogP) is 2.48. The Bertz CT molecular complexity index is 505. The highest BCUT2D eigenvalue weighted by Crippen LogP contribution is 2.30. The maximum absolute atomic E-state index is 5.96. The number of thiophene rings is 1. The van der Waals surface area contributed by atoms with Crippen LogP contribution >= 0.6 is 22.9 Å². The van der Waals surface area contributed by atoms with Crippen LogP contribution < -0.4 is 11.3 Å². The molecule has 3 N–H and O–H groups in total. The van der Waals surface area contributed by atoms with Crippen LogP contribution in [0.5, 0.6) is 0 Å². The second-order valence-electron chi connectivity index (χ2n) is 3.77. The molecule has 6 heteroatoms. The maximum atomic E-state index is 5.96. The molecule has 0 aliphatic carbocycles. The van der Waals surface area contributed by atoms with Gasteiger partial charge in [-0.1, -0.05) is 11.6 Å². The van der Waals surface area contributed by atoms with Gasteiger partial charge < -0.3 is 0 Å². The van der Waals surface area contributed by atoms with Crippen LogP contribution in [0.1, 0.15) is 29.2 Å². The van der Waals surface area contributed by atoms with Gasteiger partial charge in [0.15, 0.2) is 0 Å². The highest BCUT2D eigenvalue weighted by atomic mass is 35.5. The molecule has 0 aliphatic heterocycles. The van der Waals surface area contributed by atoms with Crippen molar-refractivity contribution in [2.45, 2.75) is 26.4 Å². The summed E-state index contributed by atoms with van der Waals surface area (Å²) in [7, 11) is 0. The molecule has 17 heavy (non-hydrogen) atoms. The Labute approximate surface area is 109 Å². The number of halogens is 1. The zero-order chi connectivity index (χ0) is 12.4. The molecule has 2 aromatic rings. The number of aromatic nitrogens is 2. The van der Waals surface area contributed by atoms with Gasteiger partial charge in [-0.2, -0.15) is 5.10 Å². The van der Waals surface area contributed by atoms with Gasteiger partial charge in [-0.3, -0.25) is 10.5 Å². The van der Waals surface area contributed by atoms with Crippen LogP contribution in [0.2, 0.25) is 4.34 Å². The van der Waals surface area contributed by atoms with Gasteiger partial charge in [-0.25, -0.2) is 5.43 Å². The van der Waals surface area contributed by atoms with Gasteiger partial charge in [-0.05, 0) is 32.0 Å². The molecule has 0 fully saturated rings. The number of nitrogens with two attached hydrogens (primary N) is 1. The number of hydrogen-bond donors (Lipinski definition) is 2. The highest BCUT2D eigenvalue weighted by Gasteiger charge is 2.19. The third kappa shape index (κ3) is 2.52. The molecule has 2 aromatic heterocycles. The third-order valence-electron chi connectivity index (χ3n) is 2.57. The van der Waals surface area contributed by atoms with Crippen molar-refractivity contribution in [2.24, 2.45) is 5.84 Å². The van der Waals surface area contributed by atoms with E-state index in [2.05, 4.69) is 17.4 Å². The fourth-order valence-corrected chi connectivity index (χ4v) is 2.98. The van der Waals surface area contributed by atoms with Crippen LogP contribution in [0.4, 0.5) is 0 Å². The second kappa shape index (κ2) is 5.18. The monoisotopic (exact) mass is 270 g/mol. The number of nitrogens with zero attached hydrogens (tertiary/aromatic N) is 2. The summed E-state index contributed by atoms with van der Waals surface area (Å²) >= 11 is 7.48. The summed E-state index contributed by atoms with van der Waals surface area (Å²) < 4.78 is 2.72. The van der Waals surface area contributed by atoms with E-state index in [1.54, 1.807) is 0 Å². The van der Waals surface area contributed by atoms with Crippen LogP contribution in [-0.2, 0) is 6.54 Å². The SMILES string of the molecule is CCn1nc(C)cc1C(NN)c1ccc(Cl)s1. The lowest BCUT2D eigenvalue weighted by molar-refractivity contribution is 0.547. The van der Waals surface area contributed by atoms with Crippen molar-refractivity contribution in [3.63, 3.8) is 0 Å². The van der Waals surface area contributed by atoms with Crippen molar-refractivity contribution in [2.75, 3.05) is 0 Å². The van der Waals surface area contributed by atoms with Gasteiger partial charge in [0.1, 0.15) is 0 Å². The molecule has 2 heterocycles. The molecule has 0 saturated carbocycles. The van der Waals surface area contributed by atoms with Crippen LogP contribution in [0.15, 0.2) is 18.2 Å². The van der Waals surface area contributed by atoms with Crippen LogP contribution in [-0.4, -0.2) is 9.78 Å². The lowest BCUT2D eigenvalue weighted by atomic mass is 10.1. The van der Waals surface area contributed by atoms with Crippen LogP contribution in [0.25, 0.3) is 0 Å². The van der Waals surface area contributed by atoms with Gasteiger partial charge in [0, 0.05) is 11.4 Å². The minimum Gasteiger partial charge on any atom is -0.270 e. The summed E-state index contributed by atoms with van der Waals surface area (Å²) in [5, 5.41) is 4.42. The van der Waals surface area contributed by atoms with Crippen molar-refractivity contribution in [1.29, 1.82) is 0 Å². The summed E-state index contributed by atoms with van der Waals surface area (Å²) in [5.74, 6) is 5.65. The average Bonchev–Trinajstić information content (AvgIpc) is 2.87. The Morgan fingerprint density at radius 2 is 2.35 bits per heavy atom. The number of aryl methyl sites for hydroxylation is 2. The van der Waals surface area contributed by atoms with Crippen LogP contribution in [0.3, 0.4) is 0 Å². The molecule has 0 bridgehead atoms. The molecule has 0 radical (unpaired) electrons. The smallest absolute Gasteiger partial charge is 0.0970 e. The molecule has 2 rings (SSSR count). The summed E-state index contributed by atoms with van der Waals surface area (Å²) in [4.78, 5) is 1.09. The lowest BCUT2D eigenvalue weighted by Gasteiger charge is -2.15. The summed E-state index contributed by atoms with van der Waals surface area (Å²) in [5.41, 5.74) is 4.88. The minimum absolute atomic E-state index is 0.0614. The van der Waals surface area contributed by atoms with Crippen molar-refractivity contribution in [1.82, 2.24) is 15.2 Å². The van der Waals surface area contributed by atoms with Gasteiger partial charge in [0.2, 0.25) is 0 Å². The quantitative estimate of drug-likeness (QED) is 0.663. The molecular weight excluding hydrogens is 256 g/mol. The first-order valence-electron chi connectivity index (χ1n) is 5.41. The minimum atomic E-state index is -0.0614. The van der Waals surface area contributed by atoms with E-state index in [1.165, 1.54) is 11.3 Å². The number of rotatable bonds is 4. The predicted molar refractivity (Wildman–Crippen MR) is 71.1 cm³/mol. The number of hydrogen-bond acceptors (Lipinski definition) is 4. The molecule has 0 saturated heterocycles. The van der Waals surface area contributed by atoms with Gasteiger partial charge in [-0.15, -0.1) is 11.3 Å². The molecule has 1 unspecified atom stereocenters. The first kappa shape index (κ1) is 12.6. The Hall–Kier alpha value is -0.880. The van der Waals surface area contributed by atoms with Gasteiger partial charge >= 0.3 is 0 Å². The summed E-state index contributed by atoms with van der Waals surface area (Å²) in [6.07, 6.45) is 0. The van der Waals surface area contributed by atoms with E-state index in [4.69, 9.17) is 17.4 Å². The topological polar surface area (TPSA) is 55.9 Å². The van der Waals surface area contributed by atoms with Gasteiger partial charge in [0.05, 0.1) is 21.8 Å². The lowest BCUT2D eigenvalue weighted by Crippen LogP contribution is -2.30. The molecule has 4 nitrogen and oxygen atoms in total. The number of nitrogens with one attached hydrogen (secondary N) is 1. The second-order valence-corrected chi connectivity index (χ2v) is 5.51. The normalized spacial score (nSPS) is 12.9. The Balaban J connectivity index is 2.41. The Morgan fingerprint density at radius 3 is 2.88 bits per heavy atom. The van der Waals surface area contributed by atoms with E-state index in [0.717, 1.165) is 27.1 Å². The van der Waals surface area contributed by atoms with Crippen molar-refractivity contribution < 1.29 is 0 Å². The standard InChI is InChI=1S/C11H15ClN4S/c1-3-16-8(6-7(2)15-16)11(14-13)9-4-5-10(12)17-9/h4-6,11,14H,3,13H2,1-2H3. The molecular formula is C11H15ClN4S. The van der Waals surface area contributed by atoms with Crippen molar-refractivity contribution >= 4 is 22.9 Å². The maximum Gasteiger partial charge on any atom is 0.0970 e. The fourth-order valence-electron chi connectivity index (χ4n) is 1.85. The van der Waals surface area contributed by atoms with Crippen molar-refractivity contribution in [3.05, 3.63) is 38.8 Å².